The highest BCUT2D eigenvalue weighted by Crippen LogP contribution is 2.27. The number of pyridine rings is 2. The number of fused-ring (bicyclic) bond motifs is 3. The van der Waals surface area contributed by atoms with E-state index >= 15 is 0 Å². The average Bonchev–Trinajstić information content (AvgIpc) is 2.80. The van der Waals surface area contributed by atoms with Crippen molar-refractivity contribution in [3.63, 3.8) is 0 Å². The van der Waals surface area contributed by atoms with Gasteiger partial charge in [-0.3, -0.25) is 4.98 Å². The maximum Gasteiger partial charge on any atom is 0.141 e. The Kier molecular flexibility index (Phi) is 3.44. The summed E-state index contributed by atoms with van der Waals surface area (Å²) in [7, 11) is 2.03. The van der Waals surface area contributed by atoms with Crippen LogP contribution in [0.25, 0.3) is 27.5 Å². The van der Waals surface area contributed by atoms with E-state index in [1.807, 2.05) is 37.7 Å². The van der Waals surface area contributed by atoms with Crippen LogP contribution in [-0.2, 0) is 7.05 Å². The molecule has 3 rings (SSSR count). The zero-order valence-electron chi connectivity index (χ0n) is 12.2. The van der Waals surface area contributed by atoms with Crippen molar-refractivity contribution in [1.82, 2.24) is 14.5 Å². The molecule has 4 nitrogen and oxygen atoms in total. The fraction of sp³-hybridized carbons (Fsp3) is 0.176. The molecule has 2 N–H and O–H groups in total. The van der Waals surface area contributed by atoms with E-state index in [1.54, 1.807) is 6.20 Å². The second kappa shape index (κ2) is 5.40. The largest absolute Gasteiger partial charge is 0.405 e. The summed E-state index contributed by atoms with van der Waals surface area (Å²) in [6, 6.07) is 6.16. The molecule has 0 saturated heterocycles. The van der Waals surface area contributed by atoms with Crippen molar-refractivity contribution in [3.8, 4) is 0 Å². The molecule has 4 heteroatoms. The van der Waals surface area contributed by atoms with Crippen molar-refractivity contribution in [3.05, 3.63) is 54.6 Å². The molecule has 0 fully saturated rings. The Morgan fingerprint density at radius 1 is 1.29 bits per heavy atom. The van der Waals surface area contributed by atoms with E-state index in [0.29, 0.717) is 0 Å². The van der Waals surface area contributed by atoms with Crippen LogP contribution in [0.2, 0.25) is 0 Å². The third kappa shape index (κ3) is 2.18. The summed E-state index contributed by atoms with van der Waals surface area (Å²) in [5, 5.41) is 2.25. The van der Waals surface area contributed by atoms with Gasteiger partial charge in [0.05, 0.1) is 11.2 Å². The molecule has 0 radical (unpaired) electrons. The fourth-order valence-corrected chi connectivity index (χ4v) is 2.66. The molecule has 0 amide bonds. The molecule has 0 aliphatic rings. The first-order valence-corrected chi connectivity index (χ1v) is 7.04. The summed E-state index contributed by atoms with van der Waals surface area (Å²) in [5.41, 5.74) is 9.62. The minimum atomic E-state index is 0.935. The van der Waals surface area contributed by atoms with Gasteiger partial charge in [-0.25, -0.2) is 4.98 Å². The molecule has 3 aromatic rings. The van der Waals surface area contributed by atoms with Gasteiger partial charge in [0, 0.05) is 30.2 Å². The molecule has 3 heterocycles. The van der Waals surface area contributed by atoms with Gasteiger partial charge < -0.3 is 10.3 Å². The number of aromatic nitrogens is 3. The fourth-order valence-electron chi connectivity index (χ4n) is 2.66. The molecule has 0 aromatic carbocycles. The average molecular weight is 278 g/mol. The molecule has 0 spiro atoms. The van der Waals surface area contributed by atoms with E-state index in [4.69, 9.17) is 10.7 Å². The molecule has 0 aliphatic heterocycles. The van der Waals surface area contributed by atoms with E-state index < -0.39 is 0 Å². The van der Waals surface area contributed by atoms with Crippen LogP contribution < -0.4 is 5.73 Å². The highest BCUT2D eigenvalue weighted by atomic mass is 15.0. The predicted octanol–water partition coefficient (Wildman–Crippen LogP) is 3.39. The second-order valence-electron chi connectivity index (χ2n) is 4.95. The van der Waals surface area contributed by atoms with Gasteiger partial charge in [0.15, 0.2) is 0 Å². The molecule has 0 unspecified atom stereocenters. The van der Waals surface area contributed by atoms with Crippen LogP contribution in [0.15, 0.2) is 48.9 Å². The van der Waals surface area contributed by atoms with Crippen molar-refractivity contribution in [2.75, 3.05) is 0 Å². The molecule has 106 valence electrons. The molecular formula is C17H18N4. The molecule has 3 aromatic heterocycles. The number of aryl methyl sites for hydroxylation is 1. The lowest BCUT2D eigenvalue weighted by atomic mass is 10.1. The van der Waals surface area contributed by atoms with Crippen molar-refractivity contribution in [2.24, 2.45) is 12.8 Å². The third-order valence-electron chi connectivity index (χ3n) is 3.64. The highest BCUT2D eigenvalue weighted by molar-refractivity contribution is 6.06. The van der Waals surface area contributed by atoms with Gasteiger partial charge in [0.25, 0.3) is 0 Å². The Morgan fingerprint density at radius 3 is 2.90 bits per heavy atom. The van der Waals surface area contributed by atoms with Crippen LogP contribution in [0.1, 0.15) is 19.0 Å². The van der Waals surface area contributed by atoms with Crippen LogP contribution in [0.5, 0.6) is 0 Å². The normalized spacial score (nSPS) is 12.8. The summed E-state index contributed by atoms with van der Waals surface area (Å²) in [4.78, 5) is 9.02. The zero-order chi connectivity index (χ0) is 14.8. The van der Waals surface area contributed by atoms with Gasteiger partial charge in [-0.15, -0.1) is 0 Å². The Labute approximate surface area is 123 Å². The summed E-state index contributed by atoms with van der Waals surface area (Å²) >= 11 is 0. The first-order chi connectivity index (χ1) is 10.3. The van der Waals surface area contributed by atoms with E-state index in [0.717, 1.165) is 39.6 Å². The first-order valence-electron chi connectivity index (χ1n) is 7.04. The maximum absolute atomic E-state index is 5.54. The highest BCUT2D eigenvalue weighted by Gasteiger charge is 2.10. The molecule has 21 heavy (non-hydrogen) atoms. The van der Waals surface area contributed by atoms with Crippen molar-refractivity contribution in [1.29, 1.82) is 0 Å². The second-order valence-corrected chi connectivity index (χ2v) is 4.95. The topological polar surface area (TPSA) is 56.7 Å². The predicted molar refractivity (Wildman–Crippen MR) is 87.6 cm³/mol. The van der Waals surface area contributed by atoms with E-state index in [2.05, 4.69) is 28.6 Å². The van der Waals surface area contributed by atoms with Gasteiger partial charge in [-0.2, -0.15) is 0 Å². The number of allylic oxidation sites excluding steroid dienone is 3. The Balaban J connectivity index is 2.27. The summed E-state index contributed by atoms with van der Waals surface area (Å²) < 4.78 is 2.10. The SMILES string of the molecule is CC/C=C(\C=C/N)c1ccc2c3cnccc3n(C)c2n1. The summed E-state index contributed by atoms with van der Waals surface area (Å²) in [6.45, 7) is 2.10. The molecular weight excluding hydrogens is 260 g/mol. The number of nitrogens with two attached hydrogens (primary N) is 1. The Bertz CT molecular complexity index is 856. The van der Waals surface area contributed by atoms with Gasteiger partial charge in [0.1, 0.15) is 5.65 Å². The molecule has 0 atom stereocenters. The van der Waals surface area contributed by atoms with Crippen LogP contribution in [0.3, 0.4) is 0 Å². The lowest BCUT2D eigenvalue weighted by Crippen LogP contribution is -1.94. The monoisotopic (exact) mass is 278 g/mol. The summed E-state index contributed by atoms with van der Waals surface area (Å²) in [5.74, 6) is 0. The van der Waals surface area contributed by atoms with Gasteiger partial charge in [-0.05, 0) is 42.5 Å². The first kappa shape index (κ1) is 13.4. The lowest BCUT2D eigenvalue weighted by Gasteiger charge is -2.03. The van der Waals surface area contributed by atoms with Crippen LogP contribution in [-0.4, -0.2) is 14.5 Å². The van der Waals surface area contributed by atoms with Crippen molar-refractivity contribution < 1.29 is 0 Å². The van der Waals surface area contributed by atoms with Crippen LogP contribution in [0.4, 0.5) is 0 Å². The number of nitrogens with zero attached hydrogens (tertiary/aromatic N) is 3. The van der Waals surface area contributed by atoms with E-state index in [9.17, 15) is 0 Å². The van der Waals surface area contributed by atoms with Crippen LogP contribution in [0, 0.1) is 0 Å². The minimum Gasteiger partial charge on any atom is -0.405 e. The Hall–Kier alpha value is -2.62. The van der Waals surface area contributed by atoms with E-state index in [1.165, 1.54) is 0 Å². The summed E-state index contributed by atoms with van der Waals surface area (Å²) in [6.07, 6.45) is 10.2. The third-order valence-corrected chi connectivity index (χ3v) is 3.64. The number of rotatable bonds is 3. The van der Waals surface area contributed by atoms with E-state index in [-0.39, 0.29) is 0 Å². The maximum atomic E-state index is 5.54. The standard InChI is InChI=1S/C17H18N4/c1-3-4-12(7-9-18)15-6-5-13-14-11-19-10-8-16(14)21(2)17(13)20-15/h4-11H,3,18H2,1-2H3/b9-7-,12-4+. The lowest BCUT2D eigenvalue weighted by molar-refractivity contribution is 0.986. The van der Waals surface area contributed by atoms with Crippen molar-refractivity contribution >= 4 is 27.5 Å². The smallest absolute Gasteiger partial charge is 0.141 e. The van der Waals surface area contributed by atoms with Gasteiger partial charge >= 0.3 is 0 Å². The van der Waals surface area contributed by atoms with Crippen LogP contribution >= 0.6 is 0 Å². The molecule has 0 saturated carbocycles. The quantitative estimate of drug-likeness (QED) is 0.747. The Morgan fingerprint density at radius 2 is 2.14 bits per heavy atom. The van der Waals surface area contributed by atoms with Gasteiger partial charge in [0.2, 0.25) is 0 Å². The van der Waals surface area contributed by atoms with Crippen molar-refractivity contribution in [2.45, 2.75) is 13.3 Å². The molecule has 0 aliphatic carbocycles. The number of hydrogen-bond acceptors (Lipinski definition) is 3. The minimum absolute atomic E-state index is 0.935. The zero-order valence-corrected chi connectivity index (χ0v) is 12.2. The number of hydrogen-bond donors (Lipinski definition) is 1. The van der Waals surface area contributed by atoms with Gasteiger partial charge in [-0.1, -0.05) is 13.0 Å². The molecule has 0 bridgehead atoms.